The quantitative estimate of drug-likeness (QED) is 0.510. The number of phenols is 1. The number of aromatic amines is 1. The van der Waals surface area contributed by atoms with E-state index in [0.717, 1.165) is 16.6 Å². The molecule has 0 saturated carbocycles. The number of aromatic nitrogens is 2. The highest BCUT2D eigenvalue weighted by molar-refractivity contribution is 5.85. The molecule has 0 radical (unpaired) electrons. The SMILES string of the molecule is COc1cc(C=NNc2nc3ccccc3[nH]2)ccc1O.Cl. The number of halogens is 1. The molecule has 0 saturated heterocycles. The van der Waals surface area contributed by atoms with Crippen LogP contribution in [0, 0.1) is 0 Å². The number of rotatable bonds is 4. The number of nitrogens with zero attached hydrogens (tertiary/aromatic N) is 2. The summed E-state index contributed by atoms with van der Waals surface area (Å²) >= 11 is 0. The van der Waals surface area contributed by atoms with Crippen molar-refractivity contribution in [2.75, 3.05) is 12.5 Å². The van der Waals surface area contributed by atoms with Gasteiger partial charge in [-0.05, 0) is 35.9 Å². The van der Waals surface area contributed by atoms with E-state index in [9.17, 15) is 5.11 Å². The molecule has 3 N–H and O–H groups in total. The Labute approximate surface area is 133 Å². The summed E-state index contributed by atoms with van der Waals surface area (Å²) in [6.45, 7) is 0. The van der Waals surface area contributed by atoms with Crippen molar-refractivity contribution in [1.29, 1.82) is 0 Å². The highest BCUT2D eigenvalue weighted by Gasteiger charge is 2.01. The molecule has 2 aromatic carbocycles. The third-order valence-electron chi connectivity index (χ3n) is 2.98. The minimum absolute atomic E-state index is 0. The van der Waals surface area contributed by atoms with E-state index < -0.39 is 0 Å². The van der Waals surface area contributed by atoms with Crippen molar-refractivity contribution < 1.29 is 9.84 Å². The molecular weight excluding hydrogens is 304 g/mol. The second-order valence-electron chi connectivity index (χ2n) is 4.40. The fourth-order valence-electron chi connectivity index (χ4n) is 1.95. The summed E-state index contributed by atoms with van der Waals surface area (Å²) in [5.74, 6) is 1.07. The molecule has 0 amide bonds. The minimum atomic E-state index is 0. The van der Waals surface area contributed by atoms with Crippen LogP contribution < -0.4 is 10.2 Å². The molecule has 3 rings (SSSR count). The van der Waals surface area contributed by atoms with Crippen molar-refractivity contribution in [3.05, 3.63) is 48.0 Å². The van der Waals surface area contributed by atoms with Crippen LogP contribution >= 0.6 is 12.4 Å². The molecule has 1 heterocycles. The Hall–Kier alpha value is -2.73. The average molecular weight is 319 g/mol. The van der Waals surface area contributed by atoms with Crippen LogP contribution in [0.3, 0.4) is 0 Å². The summed E-state index contributed by atoms with van der Waals surface area (Å²) in [6, 6.07) is 12.7. The zero-order valence-corrected chi connectivity index (χ0v) is 12.6. The van der Waals surface area contributed by atoms with Crippen LogP contribution in [0.2, 0.25) is 0 Å². The van der Waals surface area contributed by atoms with Crippen molar-refractivity contribution in [3.63, 3.8) is 0 Å². The summed E-state index contributed by atoms with van der Waals surface area (Å²) < 4.78 is 5.04. The number of hydrogen-bond donors (Lipinski definition) is 3. The predicted octanol–water partition coefficient (Wildman–Crippen LogP) is 3.14. The predicted molar refractivity (Wildman–Crippen MR) is 89.2 cm³/mol. The Bertz CT molecular complexity index is 768. The second kappa shape index (κ2) is 6.82. The fraction of sp³-hybridized carbons (Fsp3) is 0.0667. The number of nitrogens with one attached hydrogen (secondary N) is 2. The lowest BCUT2D eigenvalue weighted by Crippen LogP contribution is -1.93. The maximum absolute atomic E-state index is 9.52. The lowest BCUT2D eigenvalue weighted by molar-refractivity contribution is 0.373. The molecule has 3 aromatic rings. The van der Waals surface area contributed by atoms with Gasteiger partial charge >= 0.3 is 0 Å². The van der Waals surface area contributed by atoms with Crippen molar-refractivity contribution >= 4 is 35.6 Å². The average Bonchev–Trinajstić information content (AvgIpc) is 2.91. The van der Waals surface area contributed by atoms with Gasteiger partial charge in [0, 0.05) is 0 Å². The number of fused-ring (bicyclic) bond motifs is 1. The summed E-state index contributed by atoms with van der Waals surface area (Å²) in [7, 11) is 1.50. The maximum Gasteiger partial charge on any atom is 0.222 e. The van der Waals surface area contributed by atoms with Crippen LogP contribution in [0.4, 0.5) is 5.95 Å². The van der Waals surface area contributed by atoms with Gasteiger partial charge in [-0.25, -0.2) is 10.4 Å². The van der Waals surface area contributed by atoms with Gasteiger partial charge in [-0.15, -0.1) is 12.4 Å². The topological polar surface area (TPSA) is 82.5 Å². The highest BCUT2D eigenvalue weighted by Crippen LogP contribution is 2.25. The lowest BCUT2D eigenvalue weighted by atomic mass is 10.2. The second-order valence-corrected chi connectivity index (χ2v) is 4.40. The number of phenolic OH excluding ortho intramolecular Hbond substituents is 1. The standard InChI is InChI=1S/C15H14N4O2.ClH/c1-21-14-8-10(6-7-13(14)20)9-16-19-15-17-11-4-2-3-5-12(11)18-15;/h2-9,20H,1H3,(H2,17,18,19);1H. The summed E-state index contributed by atoms with van der Waals surface area (Å²) in [5, 5.41) is 13.6. The number of methoxy groups -OCH3 is 1. The first-order chi connectivity index (χ1) is 10.3. The van der Waals surface area contributed by atoms with Crippen molar-refractivity contribution in [3.8, 4) is 11.5 Å². The number of benzene rings is 2. The van der Waals surface area contributed by atoms with Gasteiger partial charge in [-0.1, -0.05) is 12.1 Å². The van der Waals surface area contributed by atoms with Gasteiger partial charge < -0.3 is 14.8 Å². The Balaban J connectivity index is 0.00000176. The minimum Gasteiger partial charge on any atom is -0.504 e. The molecule has 0 aliphatic rings. The molecule has 7 heteroatoms. The van der Waals surface area contributed by atoms with Gasteiger partial charge in [0.15, 0.2) is 11.5 Å². The smallest absolute Gasteiger partial charge is 0.222 e. The van der Waals surface area contributed by atoms with Crippen LogP contribution in [0.15, 0.2) is 47.6 Å². The molecule has 0 bridgehead atoms. The fourth-order valence-corrected chi connectivity index (χ4v) is 1.95. The van der Waals surface area contributed by atoms with E-state index in [1.807, 2.05) is 24.3 Å². The summed E-state index contributed by atoms with van der Waals surface area (Å²) in [4.78, 5) is 7.46. The van der Waals surface area contributed by atoms with Crippen LogP contribution in [0.5, 0.6) is 11.5 Å². The largest absolute Gasteiger partial charge is 0.504 e. The molecule has 1 aromatic heterocycles. The van der Waals surface area contributed by atoms with Gasteiger partial charge in [-0.3, -0.25) is 0 Å². The molecule has 0 fully saturated rings. The van der Waals surface area contributed by atoms with E-state index in [0.29, 0.717) is 11.7 Å². The molecule has 114 valence electrons. The van der Waals surface area contributed by atoms with Gasteiger partial charge in [0.1, 0.15) is 0 Å². The third kappa shape index (κ3) is 3.29. The van der Waals surface area contributed by atoms with Crippen molar-refractivity contribution in [2.24, 2.45) is 5.10 Å². The van der Waals surface area contributed by atoms with E-state index in [-0.39, 0.29) is 18.2 Å². The number of aromatic hydroxyl groups is 1. The molecule has 0 unspecified atom stereocenters. The first-order valence-electron chi connectivity index (χ1n) is 6.37. The van der Waals surface area contributed by atoms with Gasteiger partial charge in [0.2, 0.25) is 5.95 Å². The van der Waals surface area contributed by atoms with E-state index in [1.165, 1.54) is 7.11 Å². The number of hydrazone groups is 1. The maximum atomic E-state index is 9.52. The number of anilines is 1. The summed E-state index contributed by atoms with van der Waals surface area (Å²) in [5.41, 5.74) is 5.46. The van der Waals surface area contributed by atoms with Crippen LogP contribution in [-0.2, 0) is 0 Å². The number of ether oxygens (including phenoxy) is 1. The molecule has 22 heavy (non-hydrogen) atoms. The van der Waals surface area contributed by atoms with Crippen molar-refractivity contribution in [1.82, 2.24) is 9.97 Å². The zero-order valence-electron chi connectivity index (χ0n) is 11.8. The van der Waals surface area contributed by atoms with E-state index in [2.05, 4.69) is 20.5 Å². The molecule has 0 spiro atoms. The van der Waals surface area contributed by atoms with Crippen LogP contribution in [0.1, 0.15) is 5.56 Å². The Kier molecular flexibility index (Phi) is 4.85. The number of hydrogen-bond acceptors (Lipinski definition) is 5. The highest BCUT2D eigenvalue weighted by atomic mass is 35.5. The monoisotopic (exact) mass is 318 g/mol. The Morgan fingerprint density at radius 2 is 2.09 bits per heavy atom. The van der Waals surface area contributed by atoms with Crippen LogP contribution in [0.25, 0.3) is 11.0 Å². The molecular formula is C15H15ClN4O2. The van der Waals surface area contributed by atoms with E-state index >= 15 is 0 Å². The van der Waals surface area contributed by atoms with Gasteiger partial charge in [-0.2, -0.15) is 5.10 Å². The molecule has 0 atom stereocenters. The zero-order chi connectivity index (χ0) is 14.7. The summed E-state index contributed by atoms with van der Waals surface area (Å²) in [6.07, 6.45) is 1.62. The Morgan fingerprint density at radius 3 is 2.86 bits per heavy atom. The van der Waals surface area contributed by atoms with Gasteiger partial charge in [0.25, 0.3) is 0 Å². The molecule has 0 aliphatic carbocycles. The Morgan fingerprint density at radius 1 is 1.27 bits per heavy atom. The van der Waals surface area contributed by atoms with Crippen molar-refractivity contribution in [2.45, 2.75) is 0 Å². The number of para-hydroxylation sites is 2. The lowest BCUT2D eigenvalue weighted by Gasteiger charge is -2.03. The van der Waals surface area contributed by atoms with Crippen LogP contribution in [-0.4, -0.2) is 28.4 Å². The number of H-pyrrole nitrogens is 1. The molecule has 6 nitrogen and oxygen atoms in total. The third-order valence-corrected chi connectivity index (χ3v) is 2.98. The van der Waals surface area contributed by atoms with E-state index in [1.54, 1.807) is 24.4 Å². The normalized spacial score (nSPS) is 10.6. The first-order valence-corrected chi connectivity index (χ1v) is 6.37. The van der Waals surface area contributed by atoms with E-state index in [4.69, 9.17) is 4.74 Å². The number of imidazole rings is 1. The first kappa shape index (κ1) is 15.7. The van der Waals surface area contributed by atoms with Gasteiger partial charge in [0.05, 0.1) is 24.4 Å². The molecule has 0 aliphatic heterocycles.